The molecule has 172 valence electrons. The number of ketones is 1. The van der Waals surface area contributed by atoms with Crippen molar-refractivity contribution in [2.75, 3.05) is 13.7 Å². The van der Waals surface area contributed by atoms with Gasteiger partial charge in [-0.05, 0) is 42.9 Å². The number of Topliss-reactive ketones (excluding diaryl/α,β-unsaturated/α-hetero) is 1. The second kappa shape index (κ2) is 9.72. The third kappa shape index (κ3) is 4.95. The van der Waals surface area contributed by atoms with E-state index < -0.39 is 17.9 Å². The molecule has 1 atom stereocenters. The number of rotatable bonds is 7. The fourth-order valence-electron chi connectivity index (χ4n) is 4.56. The number of carbonyl (C=O) groups excluding carboxylic acids is 3. The van der Waals surface area contributed by atoms with E-state index in [1.165, 1.54) is 7.11 Å². The summed E-state index contributed by atoms with van der Waals surface area (Å²) in [5.74, 6) is -1.33. The summed E-state index contributed by atoms with van der Waals surface area (Å²) in [6.45, 7) is 8.45. The minimum Gasteiger partial charge on any atom is -0.465 e. The molecule has 3 rings (SSSR count). The fourth-order valence-corrected chi connectivity index (χ4v) is 4.56. The van der Waals surface area contributed by atoms with Crippen molar-refractivity contribution in [2.24, 2.45) is 5.41 Å². The molecule has 0 bridgehead atoms. The average molecular weight is 440 g/mol. The van der Waals surface area contributed by atoms with E-state index in [9.17, 15) is 14.4 Å². The van der Waals surface area contributed by atoms with Gasteiger partial charge in [0.15, 0.2) is 5.78 Å². The van der Waals surface area contributed by atoms with Crippen LogP contribution in [0.5, 0.6) is 0 Å². The number of hydrogen-bond acceptors (Lipinski definition) is 6. The van der Waals surface area contributed by atoms with Crippen LogP contribution in [0.2, 0.25) is 0 Å². The molecular weight excluding hydrogens is 406 g/mol. The lowest BCUT2D eigenvalue weighted by molar-refractivity contribution is -0.139. The quantitative estimate of drug-likeness (QED) is 0.485. The molecular formula is C26H33NO5. The summed E-state index contributed by atoms with van der Waals surface area (Å²) < 4.78 is 10.4. The molecule has 1 unspecified atom stereocenters. The number of nitrogens with one attached hydrogen (secondary N) is 1. The molecule has 32 heavy (non-hydrogen) atoms. The van der Waals surface area contributed by atoms with E-state index >= 15 is 0 Å². The number of carbonyl (C=O) groups is 3. The Morgan fingerprint density at radius 3 is 2.41 bits per heavy atom. The van der Waals surface area contributed by atoms with Crippen molar-refractivity contribution in [2.45, 2.75) is 65.7 Å². The van der Waals surface area contributed by atoms with E-state index in [0.717, 1.165) is 36.9 Å². The van der Waals surface area contributed by atoms with Crippen molar-refractivity contribution < 1.29 is 23.9 Å². The molecule has 2 aliphatic rings. The lowest BCUT2D eigenvalue weighted by Crippen LogP contribution is -2.38. The molecule has 0 saturated heterocycles. The molecule has 0 aromatic heterocycles. The molecule has 0 spiro atoms. The summed E-state index contributed by atoms with van der Waals surface area (Å²) in [6.07, 6.45) is 3.98. The Kier molecular flexibility index (Phi) is 7.22. The molecule has 0 fully saturated rings. The van der Waals surface area contributed by atoms with Gasteiger partial charge in [-0.15, -0.1) is 0 Å². The highest BCUT2D eigenvalue weighted by Crippen LogP contribution is 2.46. The van der Waals surface area contributed by atoms with Crippen molar-refractivity contribution >= 4 is 17.7 Å². The molecule has 1 aromatic carbocycles. The van der Waals surface area contributed by atoms with Crippen LogP contribution in [0.15, 0.2) is 46.8 Å². The van der Waals surface area contributed by atoms with Crippen LogP contribution in [0.25, 0.3) is 0 Å². The van der Waals surface area contributed by atoms with Crippen molar-refractivity contribution in [3.63, 3.8) is 0 Å². The van der Waals surface area contributed by atoms with Gasteiger partial charge in [-0.25, -0.2) is 9.59 Å². The zero-order chi connectivity index (χ0) is 23.5. The molecule has 0 radical (unpaired) electrons. The first kappa shape index (κ1) is 23.8. The Morgan fingerprint density at radius 2 is 1.78 bits per heavy atom. The van der Waals surface area contributed by atoms with Gasteiger partial charge < -0.3 is 14.8 Å². The smallest absolute Gasteiger partial charge is 0.337 e. The van der Waals surface area contributed by atoms with Crippen LogP contribution in [-0.2, 0) is 19.1 Å². The first-order valence-corrected chi connectivity index (χ1v) is 11.3. The minimum absolute atomic E-state index is 0.0366. The van der Waals surface area contributed by atoms with E-state index in [-0.39, 0.29) is 11.2 Å². The minimum atomic E-state index is -0.528. The van der Waals surface area contributed by atoms with Crippen molar-refractivity contribution in [3.8, 4) is 0 Å². The van der Waals surface area contributed by atoms with Gasteiger partial charge in [-0.3, -0.25) is 4.79 Å². The van der Waals surface area contributed by atoms with Gasteiger partial charge >= 0.3 is 11.9 Å². The Morgan fingerprint density at radius 1 is 1.09 bits per heavy atom. The van der Waals surface area contributed by atoms with Gasteiger partial charge in [-0.1, -0.05) is 45.7 Å². The summed E-state index contributed by atoms with van der Waals surface area (Å²) >= 11 is 0. The van der Waals surface area contributed by atoms with Gasteiger partial charge in [0.2, 0.25) is 0 Å². The van der Waals surface area contributed by atoms with Crippen LogP contribution in [0.4, 0.5) is 0 Å². The molecule has 1 heterocycles. The van der Waals surface area contributed by atoms with Crippen LogP contribution >= 0.6 is 0 Å². The van der Waals surface area contributed by atoms with E-state index in [2.05, 4.69) is 26.1 Å². The van der Waals surface area contributed by atoms with E-state index in [0.29, 0.717) is 35.4 Å². The first-order chi connectivity index (χ1) is 15.2. The number of esters is 2. The number of dihydropyridines is 1. The fraction of sp³-hybridized carbons (Fsp3) is 0.500. The molecule has 1 aliphatic carbocycles. The van der Waals surface area contributed by atoms with Crippen LogP contribution < -0.4 is 5.32 Å². The molecule has 0 saturated carbocycles. The highest BCUT2D eigenvalue weighted by Gasteiger charge is 2.43. The number of unbranched alkanes of at least 4 members (excludes halogenated alkanes) is 2. The summed E-state index contributed by atoms with van der Waals surface area (Å²) in [6, 6.07) is 6.91. The maximum Gasteiger partial charge on any atom is 0.337 e. The van der Waals surface area contributed by atoms with Crippen molar-refractivity contribution in [3.05, 3.63) is 57.9 Å². The van der Waals surface area contributed by atoms with E-state index in [4.69, 9.17) is 9.47 Å². The highest BCUT2D eigenvalue weighted by molar-refractivity contribution is 6.04. The standard InChI is InChI=1S/C26H33NO5/c1-6-7-8-13-32-25(30)21-16(2)27-19-14-26(3,4)15-20(28)23(19)22(21)17-9-11-18(12-10-17)24(29)31-5/h9-12,22,27H,6-8,13-15H2,1-5H3. The zero-order valence-corrected chi connectivity index (χ0v) is 19.7. The number of ether oxygens (including phenoxy) is 2. The molecule has 1 aromatic rings. The second-order valence-corrected chi connectivity index (χ2v) is 9.39. The Balaban J connectivity index is 2.03. The summed E-state index contributed by atoms with van der Waals surface area (Å²) in [4.78, 5) is 38.3. The average Bonchev–Trinajstić information content (AvgIpc) is 2.74. The summed E-state index contributed by atoms with van der Waals surface area (Å²) in [5, 5.41) is 3.34. The second-order valence-electron chi connectivity index (χ2n) is 9.39. The van der Waals surface area contributed by atoms with Crippen LogP contribution in [0.3, 0.4) is 0 Å². The topological polar surface area (TPSA) is 81.7 Å². The first-order valence-electron chi connectivity index (χ1n) is 11.3. The zero-order valence-electron chi connectivity index (χ0n) is 19.7. The molecule has 6 heteroatoms. The van der Waals surface area contributed by atoms with Gasteiger partial charge in [-0.2, -0.15) is 0 Å². The monoisotopic (exact) mass is 439 g/mol. The number of allylic oxidation sites excluding steroid dienone is 3. The third-order valence-corrected chi connectivity index (χ3v) is 6.11. The highest BCUT2D eigenvalue weighted by atomic mass is 16.5. The normalized spacial score (nSPS) is 19.9. The predicted octanol–water partition coefficient (Wildman–Crippen LogP) is 4.81. The third-order valence-electron chi connectivity index (χ3n) is 6.11. The Hall–Kier alpha value is -2.89. The predicted molar refractivity (Wildman–Crippen MR) is 122 cm³/mol. The van der Waals surface area contributed by atoms with Crippen LogP contribution in [-0.4, -0.2) is 31.4 Å². The maximum atomic E-state index is 13.3. The molecule has 0 amide bonds. The maximum absolute atomic E-state index is 13.3. The van der Waals surface area contributed by atoms with Crippen molar-refractivity contribution in [1.29, 1.82) is 0 Å². The van der Waals surface area contributed by atoms with E-state index in [1.807, 2.05) is 6.92 Å². The van der Waals surface area contributed by atoms with Gasteiger partial charge in [0.1, 0.15) is 0 Å². The molecule has 1 aliphatic heterocycles. The lowest BCUT2D eigenvalue weighted by Gasteiger charge is -2.39. The van der Waals surface area contributed by atoms with Gasteiger partial charge in [0.25, 0.3) is 0 Å². The van der Waals surface area contributed by atoms with Crippen LogP contribution in [0.1, 0.15) is 81.6 Å². The van der Waals surface area contributed by atoms with Gasteiger partial charge in [0, 0.05) is 29.3 Å². The van der Waals surface area contributed by atoms with Crippen molar-refractivity contribution in [1.82, 2.24) is 5.32 Å². The summed E-state index contributed by atoms with van der Waals surface area (Å²) in [7, 11) is 1.33. The number of hydrogen-bond donors (Lipinski definition) is 1. The Labute approximate surface area is 190 Å². The summed E-state index contributed by atoms with van der Waals surface area (Å²) in [5.41, 5.74) is 3.70. The molecule has 1 N–H and O–H groups in total. The van der Waals surface area contributed by atoms with Gasteiger partial charge in [0.05, 0.1) is 24.9 Å². The largest absolute Gasteiger partial charge is 0.465 e. The molecule has 6 nitrogen and oxygen atoms in total. The SMILES string of the molecule is CCCCCOC(=O)C1=C(C)NC2=C(C(=O)CC(C)(C)C2)C1c1ccc(C(=O)OC)cc1. The Bertz CT molecular complexity index is 968. The number of methoxy groups -OCH3 is 1. The number of benzene rings is 1. The van der Waals surface area contributed by atoms with Crippen LogP contribution in [0, 0.1) is 5.41 Å². The lowest BCUT2D eigenvalue weighted by atomic mass is 9.68. The van der Waals surface area contributed by atoms with E-state index in [1.54, 1.807) is 24.3 Å².